The number of nitrogens with zero attached hydrogens (tertiary/aromatic N) is 1. The van der Waals surface area contributed by atoms with Gasteiger partial charge >= 0.3 is 0 Å². The minimum Gasteiger partial charge on any atom is -0.392 e. The second-order valence-electron chi connectivity index (χ2n) is 5.47. The van der Waals surface area contributed by atoms with Gasteiger partial charge < -0.3 is 5.11 Å². The van der Waals surface area contributed by atoms with Crippen LogP contribution in [0.3, 0.4) is 0 Å². The van der Waals surface area contributed by atoms with Crippen molar-refractivity contribution >= 4 is 0 Å². The van der Waals surface area contributed by atoms with Crippen LogP contribution in [0.5, 0.6) is 0 Å². The lowest BCUT2D eigenvalue weighted by atomic mass is 10.0. The third kappa shape index (κ3) is 1.31. The summed E-state index contributed by atoms with van der Waals surface area (Å²) in [5.74, 6) is 1.79. The monoisotopic (exact) mass is 183 g/mol. The first kappa shape index (κ1) is 9.47. The Balaban J connectivity index is 1.90. The Bertz CT molecular complexity index is 198. The number of fused-ring (bicyclic) bond motifs is 1. The van der Waals surface area contributed by atoms with Crippen LogP contribution < -0.4 is 0 Å². The fourth-order valence-electron chi connectivity index (χ4n) is 2.80. The highest BCUT2D eigenvalue weighted by molar-refractivity contribution is 5.12. The maximum absolute atomic E-state index is 9.47. The maximum atomic E-state index is 9.47. The minimum absolute atomic E-state index is 0.194. The van der Waals surface area contributed by atoms with Gasteiger partial charge in [0.1, 0.15) is 0 Å². The molecule has 0 spiro atoms. The number of hydrogen-bond donors (Lipinski definition) is 1. The van der Waals surface area contributed by atoms with E-state index in [1.54, 1.807) is 0 Å². The molecule has 1 N–H and O–H groups in total. The molecule has 2 rings (SSSR count). The summed E-state index contributed by atoms with van der Waals surface area (Å²) in [6, 6.07) is 0.337. The molecule has 1 aliphatic heterocycles. The smallest absolute Gasteiger partial charge is 0.0664 e. The number of aliphatic hydroxyl groups excluding tert-OH is 1. The summed E-state index contributed by atoms with van der Waals surface area (Å²) in [6.45, 7) is 11.1. The second-order valence-corrected chi connectivity index (χ2v) is 5.47. The Labute approximate surface area is 80.9 Å². The molecule has 2 fully saturated rings. The molecular formula is C11H21NO. The largest absolute Gasteiger partial charge is 0.392 e. The average molecular weight is 183 g/mol. The molecule has 0 aromatic rings. The molecule has 13 heavy (non-hydrogen) atoms. The van der Waals surface area contributed by atoms with Crippen LogP contribution in [-0.2, 0) is 0 Å². The van der Waals surface area contributed by atoms with Crippen LogP contribution in [0.15, 0.2) is 0 Å². The van der Waals surface area contributed by atoms with E-state index in [9.17, 15) is 5.11 Å². The van der Waals surface area contributed by atoms with Crippen LogP contribution in [0.2, 0.25) is 0 Å². The molecule has 1 heterocycles. The van der Waals surface area contributed by atoms with Crippen LogP contribution in [0.4, 0.5) is 0 Å². The Morgan fingerprint density at radius 1 is 1.23 bits per heavy atom. The Kier molecular flexibility index (Phi) is 1.97. The molecule has 0 aromatic heterocycles. The molecule has 1 aliphatic carbocycles. The van der Waals surface area contributed by atoms with E-state index in [1.807, 2.05) is 6.92 Å². The van der Waals surface area contributed by atoms with Crippen molar-refractivity contribution in [2.75, 3.05) is 13.1 Å². The maximum Gasteiger partial charge on any atom is 0.0664 e. The van der Waals surface area contributed by atoms with Gasteiger partial charge in [0.2, 0.25) is 0 Å². The number of hydrogen-bond acceptors (Lipinski definition) is 2. The molecule has 0 aromatic carbocycles. The van der Waals surface area contributed by atoms with Gasteiger partial charge in [-0.1, -0.05) is 13.8 Å². The zero-order valence-corrected chi connectivity index (χ0v) is 9.12. The summed E-state index contributed by atoms with van der Waals surface area (Å²) in [7, 11) is 0. The summed E-state index contributed by atoms with van der Waals surface area (Å²) in [6.07, 6.45) is -0.194. The van der Waals surface area contributed by atoms with Crippen LogP contribution in [-0.4, -0.2) is 35.2 Å². The van der Waals surface area contributed by atoms with Crippen LogP contribution >= 0.6 is 0 Å². The first-order valence-corrected chi connectivity index (χ1v) is 5.36. The Morgan fingerprint density at radius 2 is 1.69 bits per heavy atom. The number of rotatable bonds is 2. The first-order valence-electron chi connectivity index (χ1n) is 5.36. The predicted octanol–water partition coefficient (Wildman–Crippen LogP) is 1.34. The summed E-state index contributed by atoms with van der Waals surface area (Å²) in [4.78, 5) is 2.44. The summed E-state index contributed by atoms with van der Waals surface area (Å²) in [5.41, 5.74) is 0.592. The molecule has 0 radical (unpaired) electrons. The molecule has 2 nitrogen and oxygen atoms in total. The average Bonchev–Trinajstić information content (AvgIpc) is 2.53. The van der Waals surface area contributed by atoms with Crippen LogP contribution in [0, 0.1) is 17.3 Å². The molecule has 4 unspecified atom stereocenters. The Morgan fingerprint density at radius 3 is 2.08 bits per heavy atom. The van der Waals surface area contributed by atoms with Gasteiger partial charge in [-0.3, -0.25) is 4.90 Å². The van der Waals surface area contributed by atoms with Gasteiger partial charge in [-0.15, -0.1) is 0 Å². The van der Waals surface area contributed by atoms with E-state index in [2.05, 4.69) is 25.7 Å². The fraction of sp³-hybridized carbons (Fsp3) is 1.00. The van der Waals surface area contributed by atoms with Gasteiger partial charge in [-0.05, 0) is 31.1 Å². The fourth-order valence-corrected chi connectivity index (χ4v) is 2.80. The van der Waals surface area contributed by atoms with Crippen molar-refractivity contribution in [2.45, 2.75) is 39.8 Å². The summed E-state index contributed by atoms with van der Waals surface area (Å²) >= 11 is 0. The van der Waals surface area contributed by atoms with E-state index in [-0.39, 0.29) is 6.10 Å². The minimum atomic E-state index is -0.194. The lowest BCUT2D eigenvalue weighted by Gasteiger charge is -2.30. The first-order chi connectivity index (χ1) is 5.94. The normalized spacial score (nSPS) is 41.3. The second kappa shape index (κ2) is 2.71. The lowest BCUT2D eigenvalue weighted by molar-refractivity contribution is 0.0715. The van der Waals surface area contributed by atoms with Crippen molar-refractivity contribution in [3.63, 3.8) is 0 Å². The van der Waals surface area contributed by atoms with Crippen LogP contribution in [0.1, 0.15) is 27.7 Å². The van der Waals surface area contributed by atoms with Gasteiger partial charge in [0.15, 0.2) is 0 Å². The zero-order chi connectivity index (χ0) is 9.80. The predicted molar refractivity (Wildman–Crippen MR) is 53.5 cm³/mol. The molecule has 1 saturated carbocycles. The quantitative estimate of drug-likeness (QED) is 0.698. The third-order valence-electron chi connectivity index (χ3n) is 4.42. The van der Waals surface area contributed by atoms with Crippen molar-refractivity contribution < 1.29 is 5.11 Å². The lowest BCUT2D eigenvalue weighted by Crippen LogP contribution is -2.41. The highest BCUT2D eigenvalue weighted by Gasteiger charge is 2.62. The van der Waals surface area contributed by atoms with E-state index in [0.717, 1.165) is 11.8 Å². The van der Waals surface area contributed by atoms with E-state index >= 15 is 0 Å². The number of likely N-dealkylation sites (tertiary alicyclic amines) is 1. The summed E-state index contributed by atoms with van der Waals surface area (Å²) in [5, 5.41) is 9.47. The van der Waals surface area contributed by atoms with E-state index < -0.39 is 0 Å². The van der Waals surface area contributed by atoms with Gasteiger partial charge in [0.25, 0.3) is 0 Å². The number of piperidine rings is 1. The van der Waals surface area contributed by atoms with Gasteiger partial charge in [0.05, 0.1) is 6.10 Å². The molecule has 2 aliphatic rings. The SMILES string of the molecule is CC(O)C(C)N1CC2C(C1)C2(C)C. The zero-order valence-electron chi connectivity index (χ0n) is 9.12. The van der Waals surface area contributed by atoms with Gasteiger partial charge in [0, 0.05) is 19.1 Å². The molecular weight excluding hydrogens is 162 g/mol. The van der Waals surface area contributed by atoms with E-state index in [0.29, 0.717) is 11.5 Å². The molecule has 0 bridgehead atoms. The van der Waals surface area contributed by atoms with Crippen LogP contribution in [0.25, 0.3) is 0 Å². The highest BCUT2D eigenvalue weighted by atomic mass is 16.3. The van der Waals surface area contributed by atoms with Gasteiger partial charge in [-0.25, -0.2) is 0 Å². The van der Waals surface area contributed by atoms with Crippen molar-refractivity contribution in [3.05, 3.63) is 0 Å². The molecule has 1 saturated heterocycles. The van der Waals surface area contributed by atoms with E-state index in [1.165, 1.54) is 13.1 Å². The summed E-state index contributed by atoms with van der Waals surface area (Å²) < 4.78 is 0. The molecule has 0 amide bonds. The standard InChI is InChI=1S/C11H21NO/c1-7(8(2)13)12-5-9-10(6-12)11(9,3)4/h7-10,13H,5-6H2,1-4H3. The van der Waals surface area contributed by atoms with Crippen molar-refractivity contribution in [2.24, 2.45) is 17.3 Å². The molecule has 4 atom stereocenters. The van der Waals surface area contributed by atoms with Gasteiger partial charge in [-0.2, -0.15) is 0 Å². The van der Waals surface area contributed by atoms with E-state index in [4.69, 9.17) is 0 Å². The Hall–Kier alpha value is -0.0800. The molecule has 76 valence electrons. The van der Waals surface area contributed by atoms with Crippen molar-refractivity contribution in [1.29, 1.82) is 0 Å². The van der Waals surface area contributed by atoms with Crippen molar-refractivity contribution in [1.82, 2.24) is 4.90 Å². The third-order valence-corrected chi connectivity index (χ3v) is 4.42. The van der Waals surface area contributed by atoms with Crippen molar-refractivity contribution in [3.8, 4) is 0 Å². The molecule has 2 heteroatoms. The highest BCUT2D eigenvalue weighted by Crippen LogP contribution is 2.62. The number of aliphatic hydroxyl groups is 1. The topological polar surface area (TPSA) is 23.5 Å².